The summed E-state index contributed by atoms with van der Waals surface area (Å²) in [4.78, 5) is 12.3. The van der Waals surface area contributed by atoms with Crippen LogP contribution in [0.4, 0.5) is 13.2 Å². The third kappa shape index (κ3) is 8.49. The molecule has 9 heteroatoms. The number of ether oxygens (including phenoxy) is 2. The van der Waals surface area contributed by atoms with Crippen molar-refractivity contribution in [1.82, 2.24) is 10.6 Å². The summed E-state index contributed by atoms with van der Waals surface area (Å²) in [6, 6.07) is 19.1. The van der Waals surface area contributed by atoms with Crippen LogP contribution in [0.3, 0.4) is 0 Å². The Morgan fingerprint density at radius 1 is 0.868 bits per heavy atom. The summed E-state index contributed by atoms with van der Waals surface area (Å²) in [5.41, 5.74) is 1.73. The van der Waals surface area contributed by atoms with Gasteiger partial charge in [-0.3, -0.25) is 4.79 Å². The molecule has 0 amide bonds. The molecular formula is C29H33F3N2O4. The van der Waals surface area contributed by atoms with E-state index in [1.54, 1.807) is 14.2 Å². The van der Waals surface area contributed by atoms with E-state index in [1.165, 1.54) is 12.1 Å². The summed E-state index contributed by atoms with van der Waals surface area (Å²) >= 11 is 0. The molecule has 3 aromatic rings. The summed E-state index contributed by atoms with van der Waals surface area (Å²) in [5, 5.41) is 16.5. The normalized spacial score (nSPS) is 13.1. The van der Waals surface area contributed by atoms with Crippen molar-refractivity contribution >= 4 is 5.97 Å². The Balaban J connectivity index is 1.72. The Hall–Kier alpha value is -3.56. The smallest absolute Gasteiger partial charge is 0.416 e. The first-order valence-electron chi connectivity index (χ1n) is 12.3. The molecule has 0 radical (unpaired) electrons. The van der Waals surface area contributed by atoms with E-state index in [9.17, 15) is 23.1 Å². The molecule has 6 nitrogen and oxygen atoms in total. The number of carboxylic acids is 1. The maximum atomic E-state index is 13.1. The molecule has 0 aliphatic rings. The molecule has 2 unspecified atom stereocenters. The fraction of sp³-hybridized carbons (Fsp3) is 0.345. The Bertz CT molecular complexity index is 1170. The van der Waals surface area contributed by atoms with Crippen LogP contribution in [0.15, 0.2) is 72.8 Å². The summed E-state index contributed by atoms with van der Waals surface area (Å²) in [6.07, 6.45) is -3.22. The van der Waals surface area contributed by atoms with Gasteiger partial charge >= 0.3 is 12.1 Å². The zero-order valence-corrected chi connectivity index (χ0v) is 21.4. The SMILES string of the molecule is COc1cccc(CCNCC(C(=O)O)C(NCCc2cccc(OC)c2)c2ccc(C(F)(F)F)cc2)c1. The highest BCUT2D eigenvalue weighted by atomic mass is 19.4. The highest BCUT2D eigenvalue weighted by Gasteiger charge is 2.32. The van der Waals surface area contributed by atoms with Gasteiger partial charge in [0.2, 0.25) is 0 Å². The standard InChI is InChI=1S/C29H33F3N2O4/c1-37-24-7-3-5-20(17-24)13-15-33-19-26(28(35)36)27(22-9-11-23(12-10-22)29(30,31)32)34-16-14-21-6-4-8-25(18-21)38-2/h3-12,17-18,26-27,33-34H,13-16,19H2,1-2H3,(H,35,36). The third-order valence-electron chi connectivity index (χ3n) is 6.32. The predicted molar refractivity (Wildman–Crippen MR) is 140 cm³/mol. The summed E-state index contributed by atoms with van der Waals surface area (Å²) < 4.78 is 49.8. The van der Waals surface area contributed by atoms with Gasteiger partial charge in [0.1, 0.15) is 11.5 Å². The van der Waals surface area contributed by atoms with Crippen molar-refractivity contribution in [3.8, 4) is 11.5 Å². The number of hydrogen-bond donors (Lipinski definition) is 3. The number of methoxy groups -OCH3 is 2. The fourth-order valence-electron chi connectivity index (χ4n) is 4.24. The number of rotatable bonds is 14. The van der Waals surface area contributed by atoms with Crippen LogP contribution in [0.1, 0.15) is 28.3 Å². The van der Waals surface area contributed by atoms with Crippen molar-refractivity contribution in [3.05, 3.63) is 95.1 Å². The lowest BCUT2D eigenvalue weighted by atomic mass is 9.91. The molecule has 0 fully saturated rings. The van der Waals surface area contributed by atoms with Crippen molar-refractivity contribution in [3.63, 3.8) is 0 Å². The largest absolute Gasteiger partial charge is 0.497 e. The number of benzene rings is 3. The molecule has 0 saturated heterocycles. The fourth-order valence-corrected chi connectivity index (χ4v) is 4.24. The minimum atomic E-state index is -4.47. The molecule has 0 heterocycles. The lowest BCUT2D eigenvalue weighted by Crippen LogP contribution is -2.40. The molecule has 0 aromatic heterocycles. The predicted octanol–water partition coefficient (Wildman–Crippen LogP) is 5.13. The van der Waals surface area contributed by atoms with E-state index >= 15 is 0 Å². The number of hydrogen-bond acceptors (Lipinski definition) is 5. The van der Waals surface area contributed by atoms with E-state index < -0.39 is 29.7 Å². The van der Waals surface area contributed by atoms with Gasteiger partial charge in [0, 0.05) is 12.6 Å². The number of nitrogens with one attached hydrogen (secondary N) is 2. The molecule has 0 aliphatic heterocycles. The van der Waals surface area contributed by atoms with Gasteiger partial charge < -0.3 is 25.2 Å². The quantitative estimate of drug-likeness (QED) is 0.251. The van der Waals surface area contributed by atoms with Crippen molar-refractivity contribution in [2.45, 2.75) is 25.1 Å². The zero-order chi connectivity index (χ0) is 27.5. The summed E-state index contributed by atoms with van der Waals surface area (Å²) in [5.74, 6) is -0.501. The van der Waals surface area contributed by atoms with Crippen LogP contribution >= 0.6 is 0 Å². The van der Waals surface area contributed by atoms with Gasteiger partial charge in [-0.25, -0.2) is 0 Å². The Morgan fingerprint density at radius 3 is 1.92 bits per heavy atom. The number of aliphatic carboxylic acids is 1. The average molecular weight is 531 g/mol. The molecule has 0 aliphatic carbocycles. The molecule has 38 heavy (non-hydrogen) atoms. The van der Waals surface area contributed by atoms with Crippen LogP contribution < -0.4 is 20.1 Å². The lowest BCUT2D eigenvalue weighted by Gasteiger charge is -2.26. The minimum absolute atomic E-state index is 0.136. The first-order chi connectivity index (χ1) is 18.2. The third-order valence-corrected chi connectivity index (χ3v) is 6.32. The lowest BCUT2D eigenvalue weighted by molar-refractivity contribution is -0.143. The minimum Gasteiger partial charge on any atom is -0.497 e. The zero-order valence-electron chi connectivity index (χ0n) is 21.4. The van der Waals surface area contributed by atoms with Gasteiger partial charge in [-0.05, 0) is 79.0 Å². The highest BCUT2D eigenvalue weighted by molar-refractivity contribution is 5.71. The van der Waals surface area contributed by atoms with Crippen LogP contribution in [-0.4, -0.2) is 44.9 Å². The van der Waals surface area contributed by atoms with E-state index in [0.717, 1.165) is 29.0 Å². The number of carboxylic acid groups (broad SMARTS) is 1. The number of carbonyl (C=O) groups is 1. The molecule has 3 rings (SSSR count). The van der Waals surface area contributed by atoms with Gasteiger partial charge in [-0.1, -0.05) is 36.4 Å². The van der Waals surface area contributed by atoms with Gasteiger partial charge in [-0.15, -0.1) is 0 Å². The van der Waals surface area contributed by atoms with Gasteiger partial charge in [-0.2, -0.15) is 13.2 Å². The molecule has 2 atom stereocenters. The van der Waals surface area contributed by atoms with Crippen molar-refractivity contribution in [2.75, 3.05) is 33.9 Å². The van der Waals surface area contributed by atoms with E-state index in [-0.39, 0.29) is 6.54 Å². The Kier molecular flexibility index (Phi) is 10.6. The van der Waals surface area contributed by atoms with Crippen molar-refractivity contribution in [2.24, 2.45) is 5.92 Å². The molecule has 0 saturated carbocycles. The first kappa shape index (κ1) is 29.0. The van der Waals surface area contributed by atoms with Gasteiger partial charge in [0.15, 0.2) is 0 Å². The van der Waals surface area contributed by atoms with Crippen LogP contribution in [-0.2, 0) is 23.8 Å². The van der Waals surface area contributed by atoms with E-state index in [2.05, 4.69) is 10.6 Å². The van der Waals surface area contributed by atoms with Crippen molar-refractivity contribution in [1.29, 1.82) is 0 Å². The van der Waals surface area contributed by atoms with Gasteiger partial charge in [0.25, 0.3) is 0 Å². The first-order valence-corrected chi connectivity index (χ1v) is 12.3. The van der Waals surface area contributed by atoms with E-state index in [4.69, 9.17) is 9.47 Å². The summed E-state index contributed by atoms with van der Waals surface area (Å²) in [6.45, 7) is 1.09. The van der Waals surface area contributed by atoms with E-state index in [1.807, 2.05) is 48.5 Å². The Labute approximate surface area is 220 Å². The number of halogens is 3. The van der Waals surface area contributed by atoms with Crippen LogP contribution in [0.2, 0.25) is 0 Å². The molecular weight excluding hydrogens is 497 g/mol. The molecule has 3 aromatic carbocycles. The second-order valence-corrected chi connectivity index (χ2v) is 8.90. The average Bonchev–Trinajstić information content (AvgIpc) is 2.91. The summed E-state index contributed by atoms with van der Waals surface area (Å²) in [7, 11) is 3.17. The molecule has 0 bridgehead atoms. The maximum absolute atomic E-state index is 13.1. The molecule has 3 N–H and O–H groups in total. The molecule has 0 spiro atoms. The van der Waals surface area contributed by atoms with Crippen LogP contribution in [0.25, 0.3) is 0 Å². The number of alkyl halides is 3. The van der Waals surface area contributed by atoms with Crippen LogP contribution in [0, 0.1) is 5.92 Å². The second kappa shape index (κ2) is 13.8. The molecule has 204 valence electrons. The second-order valence-electron chi connectivity index (χ2n) is 8.90. The maximum Gasteiger partial charge on any atom is 0.416 e. The highest BCUT2D eigenvalue weighted by Crippen LogP contribution is 2.31. The van der Waals surface area contributed by atoms with Gasteiger partial charge in [0.05, 0.1) is 25.7 Å². The van der Waals surface area contributed by atoms with Crippen LogP contribution in [0.5, 0.6) is 11.5 Å². The Morgan fingerprint density at radius 2 is 1.42 bits per heavy atom. The van der Waals surface area contributed by atoms with Crippen molar-refractivity contribution < 1.29 is 32.5 Å². The van der Waals surface area contributed by atoms with E-state index in [0.29, 0.717) is 37.2 Å². The topological polar surface area (TPSA) is 79.8 Å². The monoisotopic (exact) mass is 530 g/mol.